The highest BCUT2D eigenvalue weighted by atomic mass is 16.1. The molecule has 0 saturated heterocycles. The van der Waals surface area contributed by atoms with Gasteiger partial charge in [0.2, 0.25) is 5.91 Å². The Bertz CT molecular complexity index is 713. The van der Waals surface area contributed by atoms with Crippen LogP contribution in [-0.4, -0.2) is 30.9 Å². The zero-order valence-electron chi connectivity index (χ0n) is 29.7. The molecule has 0 radical (unpaired) electrons. The summed E-state index contributed by atoms with van der Waals surface area (Å²) < 4.78 is 0. The fourth-order valence-electron chi connectivity index (χ4n) is 6.06. The lowest BCUT2D eigenvalue weighted by molar-refractivity contribution is -0.121. The van der Waals surface area contributed by atoms with Crippen molar-refractivity contribution >= 4 is 11.7 Å². The molecule has 0 aromatic heterocycles. The van der Waals surface area contributed by atoms with Gasteiger partial charge in [0.15, 0.2) is 0 Å². The van der Waals surface area contributed by atoms with E-state index in [9.17, 15) is 4.79 Å². The molecule has 1 amide bonds. The van der Waals surface area contributed by atoms with Gasteiger partial charge < -0.3 is 10.6 Å². The molecule has 1 atom stereocenters. The summed E-state index contributed by atoms with van der Waals surface area (Å²) in [4.78, 5) is 16.9. The van der Waals surface area contributed by atoms with E-state index >= 15 is 0 Å². The first-order valence-electron chi connectivity index (χ1n) is 19.6. The third-order valence-corrected chi connectivity index (χ3v) is 9.03. The minimum atomic E-state index is 0.218. The van der Waals surface area contributed by atoms with Crippen LogP contribution >= 0.6 is 0 Å². The van der Waals surface area contributed by atoms with Gasteiger partial charge in [-0.05, 0) is 70.6 Å². The van der Waals surface area contributed by atoms with E-state index in [1.54, 1.807) is 0 Å². The molecule has 0 saturated carbocycles. The molecular formula is C40H75N3O. The molecule has 2 N–H and O–H groups in total. The predicted molar refractivity (Wildman–Crippen MR) is 196 cm³/mol. The number of hydrogen-bond acceptors (Lipinski definition) is 3. The van der Waals surface area contributed by atoms with Crippen LogP contribution in [0.4, 0.5) is 0 Å². The number of aliphatic imine (C=N–C) groups is 1. The number of amides is 1. The summed E-state index contributed by atoms with van der Waals surface area (Å²) in [6.07, 6.45) is 46.5. The van der Waals surface area contributed by atoms with Gasteiger partial charge in [0, 0.05) is 25.4 Å². The summed E-state index contributed by atoms with van der Waals surface area (Å²) in [5, 5.41) is 6.73. The van der Waals surface area contributed by atoms with Crippen molar-refractivity contribution in [3.63, 3.8) is 0 Å². The first kappa shape index (κ1) is 40.4. The van der Waals surface area contributed by atoms with Crippen LogP contribution in [0, 0.1) is 0 Å². The average molecular weight is 614 g/mol. The van der Waals surface area contributed by atoms with Crippen LogP contribution < -0.4 is 10.6 Å². The number of unbranched alkanes of at least 4 members (excludes halogenated alkanes) is 22. The third-order valence-electron chi connectivity index (χ3n) is 9.03. The van der Waals surface area contributed by atoms with Crippen molar-refractivity contribution in [3.8, 4) is 0 Å². The second-order valence-electron chi connectivity index (χ2n) is 13.4. The highest BCUT2D eigenvalue weighted by Gasteiger charge is 2.16. The van der Waals surface area contributed by atoms with Gasteiger partial charge in [0.1, 0.15) is 0 Å². The van der Waals surface area contributed by atoms with Crippen LogP contribution in [0.5, 0.6) is 0 Å². The quantitative estimate of drug-likeness (QED) is 0.0571. The van der Waals surface area contributed by atoms with Gasteiger partial charge in [-0.15, -0.1) is 0 Å². The molecule has 44 heavy (non-hydrogen) atoms. The van der Waals surface area contributed by atoms with E-state index < -0.39 is 0 Å². The van der Waals surface area contributed by atoms with E-state index in [0.29, 0.717) is 12.5 Å². The lowest BCUT2D eigenvalue weighted by Gasteiger charge is -2.12. The molecule has 0 aromatic carbocycles. The molecule has 256 valence electrons. The molecule has 1 unspecified atom stereocenters. The van der Waals surface area contributed by atoms with Crippen molar-refractivity contribution in [2.45, 2.75) is 206 Å². The molecule has 1 aliphatic heterocycles. The standard InChI is InChI=1S/C40H75N3O/c1-3-5-7-9-11-13-15-17-19-21-23-25-27-29-31-33-39-42-37-38(43-39)35-36-41-40(44)34-32-30-28-26-24-22-20-18-16-14-12-10-8-6-4-2/h17-20,38H,3-16,21-37H2,1-2H3,(H,41,44)(H,42,43). The summed E-state index contributed by atoms with van der Waals surface area (Å²) in [5.74, 6) is 1.40. The van der Waals surface area contributed by atoms with Gasteiger partial charge in [0.05, 0.1) is 12.4 Å². The van der Waals surface area contributed by atoms with E-state index in [-0.39, 0.29) is 5.91 Å². The molecule has 1 rings (SSSR count). The molecule has 0 fully saturated rings. The minimum absolute atomic E-state index is 0.218. The van der Waals surface area contributed by atoms with Crippen LogP contribution in [0.2, 0.25) is 0 Å². The molecule has 0 aliphatic carbocycles. The van der Waals surface area contributed by atoms with Crippen molar-refractivity contribution in [1.82, 2.24) is 10.6 Å². The van der Waals surface area contributed by atoms with Crippen molar-refractivity contribution in [3.05, 3.63) is 24.3 Å². The number of hydrogen-bond donors (Lipinski definition) is 2. The molecule has 1 aliphatic rings. The number of nitrogens with one attached hydrogen (secondary N) is 2. The van der Waals surface area contributed by atoms with Crippen molar-refractivity contribution in [1.29, 1.82) is 0 Å². The van der Waals surface area contributed by atoms with Gasteiger partial charge in [-0.3, -0.25) is 9.79 Å². The van der Waals surface area contributed by atoms with Gasteiger partial charge in [0.25, 0.3) is 0 Å². The zero-order chi connectivity index (χ0) is 31.6. The number of carbonyl (C=O) groups excluding carboxylic acids is 1. The van der Waals surface area contributed by atoms with Crippen LogP contribution in [0.25, 0.3) is 0 Å². The van der Waals surface area contributed by atoms with Crippen LogP contribution in [0.1, 0.15) is 200 Å². The largest absolute Gasteiger partial charge is 0.369 e. The molecule has 0 spiro atoms. The summed E-state index contributed by atoms with van der Waals surface area (Å²) in [6.45, 7) is 6.19. The summed E-state index contributed by atoms with van der Waals surface area (Å²) >= 11 is 0. The minimum Gasteiger partial charge on any atom is -0.369 e. The maximum atomic E-state index is 12.2. The topological polar surface area (TPSA) is 53.5 Å². The number of carbonyl (C=O) groups is 1. The van der Waals surface area contributed by atoms with Gasteiger partial charge in [-0.2, -0.15) is 0 Å². The van der Waals surface area contributed by atoms with Crippen molar-refractivity contribution in [2.75, 3.05) is 13.1 Å². The van der Waals surface area contributed by atoms with Gasteiger partial charge >= 0.3 is 0 Å². The summed E-state index contributed by atoms with van der Waals surface area (Å²) in [6, 6.07) is 0.397. The first-order chi connectivity index (χ1) is 21.8. The van der Waals surface area contributed by atoms with Crippen molar-refractivity contribution in [2.24, 2.45) is 4.99 Å². The zero-order valence-corrected chi connectivity index (χ0v) is 29.7. The fourth-order valence-corrected chi connectivity index (χ4v) is 6.06. The lowest BCUT2D eigenvalue weighted by atomic mass is 10.1. The average Bonchev–Trinajstić information content (AvgIpc) is 3.48. The van der Waals surface area contributed by atoms with E-state index in [1.165, 1.54) is 166 Å². The Morgan fingerprint density at radius 2 is 1.07 bits per heavy atom. The Morgan fingerprint density at radius 1 is 0.636 bits per heavy atom. The SMILES string of the molecule is CCCCCCCCC=CCCCCCCCC(=O)NCCC1CN=C(CCCCCCCC=CCCCCCCCC)N1. The Morgan fingerprint density at radius 3 is 1.57 bits per heavy atom. The Hall–Kier alpha value is -1.58. The first-order valence-corrected chi connectivity index (χ1v) is 19.6. The van der Waals surface area contributed by atoms with Gasteiger partial charge in [-0.1, -0.05) is 141 Å². The van der Waals surface area contributed by atoms with Crippen LogP contribution in [-0.2, 0) is 4.79 Å². The number of rotatable bonds is 33. The number of amidine groups is 1. The summed E-state index contributed by atoms with van der Waals surface area (Å²) in [5.41, 5.74) is 0. The van der Waals surface area contributed by atoms with E-state index in [0.717, 1.165) is 32.4 Å². The molecule has 4 heteroatoms. The number of allylic oxidation sites excluding steroid dienone is 4. The molecule has 1 heterocycles. The van der Waals surface area contributed by atoms with E-state index in [2.05, 4.69) is 48.8 Å². The van der Waals surface area contributed by atoms with E-state index in [4.69, 9.17) is 4.99 Å². The maximum absolute atomic E-state index is 12.2. The van der Waals surface area contributed by atoms with Crippen LogP contribution in [0.15, 0.2) is 29.3 Å². The second kappa shape index (κ2) is 32.8. The van der Waals surface area contributed by atoms with Crippen molar-refractivity contribution < 1.29 is 4.79 Å². The smallest absolute Gasteiger partial charge is 0.219 e. The normalized spacial score (nSPS) is 15.0. The lowest BCUT2D eigenvalue weighted by Crippen LogP contribution is -2.34. The molecule has 4 nitrogen and oxygen atoms in total. The predicted octanol–water partition coefficient (Wildman–Crippen LogP) is 11.9. The fraction of sp³-hybridized carbons (Fsp3) is 0.850. The molecular weight excluding hydrogens is 538 g/mol. The Labute approximate surface area is 275 Å². The maximum Gasteiger partial charge on any atom is 0.219 e. The molecule has 0 aromatic rings. The monoisotopic (exact) mass is 614 g/mol. The van der Waals surface area contributed by atoms with Gasteiger partial charge in [-0.25, -0.2) is 0 Å². The van der Waals surface area contributed by atoms with E-state index in [1.807, 2.05) is 0 Å². The van der Waals surface area contributed by atoms with Crippen LogP contribution in [0.3, 0.4) is 0 Å². The number of nitrogens with zero attached hydrogens (tertiary/aromatic N) is 1. The third kappa shape index (κ3) is 27.9. The highest BCUT2D eigenvalue weighted by molar-refractivity contribution is 5.84. The second-order valence-corrected chi connectivity index (χ2v) is 13.4. The molecule has 0 bridgehead atoms. The Kier molecular flexibility index (Phi) is 30.2. The Balaban J connectivity index is 1.82. The highest BCUT2D eigenvalue weighted by Crippen LogP contribution is 2.13. The summed E-state index contributed by atoms with van der Waals surface area (Å²) in [7, 11) is 0.